The summed E-state index contributed by atoms with van der Waals surface area (Å²) >= 11 is 6.10. The smallest absolute Gasteiger partial charge is 0.225 e. The lowest BCUT2D eigenvalue weighted by atomic mass is 9.83. The van der Waals surface area contributed by atoms with Crippen LogP contribution in [-0.2, 0) is 16.0 Å². The van der Waals surface area contributed by atoms with E-state index in [-0.39, 0.29) is 17.9 Å². The van der Waals surface area contributed by atoms with Crippen LogP contribution in [0, 0.1) is 5.92 Å². The standard InChI is InChI=1S/C26H33ClN4O2/c27-21-6-8-22(9-7-21)30-12-13-31-24-5-2-1-4-20(24)18-23(25(31)19-30)26(32)28-10-3-11-29-14-16-33-17-15-29/h1-2,4-9,23,25H,3,10-19H2,(H,28,32)/t23-,25+/m0/s1. The Labute approximate surface area is 201 Å². The van der Waals surface area contributed by atoms with Gasteiger partial charge in [-0.05, 0) is 55.3 Å². The summed E-state index contributed by atoms with van der Waals surface area (Å²) in [6, 6.07) is 16.8. The molecule has 5 rings (SSSR count). The molecule has 6 nitrogen and oxygen atoms in total. The van der Waals surface area contributed by atoms with Crippen LogP contribution in [0.4, 0.5) is 11.4 Å². The normalized spacial score (nSPS) is 23.1. The monoisotopic (exact) mass is 468 g/mol. The summed E-state index contributed by atoms with van der Waals surface area (Å²) in [6.07, 6.45) is 1.77. The largest absolute Gasteiger partial charge is 0.379 e. The van der Waals surface area contributed by atoms with E-state index in [2.05, 4.69) is 56.4 Å². The molecule has 1 amide bonds. The molecule has 0 aromatic heterocycles. The Hall–Kier alpha value is -2.28. The number of carbonyl (C=O) groups excluding carboxylic acids is 1. The number of fused-ring (bicyclic) bond motifs is 3. The number of piperazine rings is 1. The fraction of sp³-hybridized carbons (Fsp3) is 0.500. The maximum atomic E-state index is 13.4. The van der Waals surface area contributed by atoms with Crippen LogP contribution in [0.2, 0.25) is 5.02 Å². The van der Waals surface area contributed by atoms with Crippen molar-refractivity contribution in [2.45, 2.75) is 18.9 Å². The second kappa shape index (κ2) is 10.3. The Morgan fingerprint density at radius 2 is 1.82 bits per heavy atom. The molecule has 3 heterocycles. The molecular formula is C26H33ClN4O2. The van der Waals surface area contributed by atoms with Crippen molar-refractivity contribution in [2.75, 3.05) is 68.8 Å². The number of hydrogen-bond donors (Lipinski definition) is 1. The predicted molar refractivity (Wildman–Crippen MR) is 133 cm³/mol. The van der Waals surface area contributed by atoms with E-state index < -0.39 is 0 Å². The molecule has 0 unspecified atom stereocenters. The van der Waals surface area contributed by atoms with Gasteiger partial charge < -0.3 is 19.9 Å². The van der Waals surface area contributed by atoms with Gasteiger partial charge in [-0.3, -0.25) is 9.69 Å². The summed E-state index contributed by atoms with van der Waals surface area (Å²) < 4.78 is 5.42. The van der Waals surface area contributed by atoms with Gasteiger partial charge in [-0.25, -0.2) is 0 Å². The number of hydrogen-bond acceptors (Lipinski definition) is 5. The van der Waals surface area contributed by atoms with Gasteiger partial charge in [-0.2, -0.15) is 0 Å². The van der Waals surface area contributed by atoms with Gasteiger partial charge in [0.15, 0.2) is 0 Å². The molecule has 3 aliphatic rings. The molecule has 0 bridgehead atoms. The van der Waals surface area contributed by atoms with E-state index in [4.69, 9.17) is 16.3 Å². The number of nitrogens with one attached hydrogen (secondary N) is 1. The van der Waals surface area contributed by atoms with Crippen molar-refractivity contribution < 1.29 is 9.53 Å². The molecule has 2 fully saturated rings. The fourth-order valence-electron chi connectivity index (χ4n) is 5.41. The van der Waals surface area contributed by atoms with Gasteiger partial charge in [-0.15, -0.1) is 0 Å². The minimum Gasteiger partial charge on any atom is -0.379 e. The lowest BCUT2D eigenvalue weighted by Crippen LogP contribution is -2.61. The van der Waals surface area contributed by atoms with Gasteiger partial charge in [0.1, 0.15) is 0 Å². The molecule has 0 saturated carbocycles. The second-order valence-corrected chi connectivity index (χ2v) is 9.66. The first-order valence-electron chi connectivity index (χ1n) is 12.1. The van der Waals surface area contributed by atoms with Crippen molar-refractivity contribution in [3.63, 3.8) is 0 Å². The average molecular weight is 469 g/mol. The Kier molecular flexibility index (Phi) is 7.04. The Bertz CT molecular complexity index is 948. The molecule has 33 heavy (non-hydrogen) atoms. The molecule has 2 aromatic carbocycles. The minimum atomic E-state index is -0.0570. The van der Waals surface area contributed by atoms with E-state index in [1.807, 2.05) is 12.1 Å². The van der Waals surface area contributed by atoms with Gasteiger partial charge in [0.2, 0.25) is 5.91 Å². The molecular weight excluding hydrogens is 436 g/mol. The topological polar surface area (TPSA) is 48.1 Å². The molecule has 2 atom stereocenters. The Morgan fingerprint density at radius 1 is 1.03 bits per heavy atom. The highest BCUT2D eigenvalue weighted by Gasteiger charge is 2.41. The van der Waals surface area contributed by atoms with Crippen LogP contribution in [0.3, 0.4) is 0 Å². The highest BCUT2D eigenvalue weighted by Crippen LogP contribution is 2.37. The number of para-hydroxylation sites is 1. The van der Waals surface area contributed by atoms with Gasteiger partial charge in [-0.1, -0.05) is 29.8 Å². The summed E-state index contributed by atoms with van der Waals surface area (Å²) in [4.78, 5) is 20.7. The van der Waals surface area contributed by atoms with Crippen molar-refractivity contribution >= 4 is 28.9 Å². The fourth-order valence-corrected chi connectivity index (χ4v) is 5.54. The lowest BCUT2D eigenvalue weighted by Gasteiger charge is -2.49. The van der Waals surface area contributed by atoms with Crippen molar-refractivity contribution in [3.8, 4) is 0 Å². The predicted octanol–water partition coefficient (Wildman–Crippen LogP) is 3.05. The van der Waals surface area contributed by atoms with E-state index >= 15 is 0 Å². The molecule has 176 valence electrons. The van der Waals surface area contributed by atoms with Crippen LogP contribution in [0.1, 0.15) is 12.0 Å². The van der Waals surface area contributed by atoms with Crippen molar-refractivity contribution in [1.82, 2.24) is 10.2 Å². The quantitative estimate of drug-likeness (QED) is 0.660. The summed E-state index contributed by atoms with van der Waals surface area (Å²) in [5.41, 5.74) is 3.74. The average Bonchev–Trinajstić information content (AvgIpc) is 2.87. The van der Waals surface area contributed by atoms with Crippen LogP contribution < -0.4 is 15.1 Å². The molecule has 3 aliphatic heterocycles. The van der Waals surface area contributed by atoms with Gasteiger partial charge in [0.25, 0.3) is 0 Å². The van der Waals surface area contributed by atoms with Crippen LogP contribution in [0.15, 0.2) is 48.5 Å². The zero-order chi connectivity index (χ0) is 22.6. The molecule has 2 aromatic rings. The Morgan fingerprint density at radius 3 is 2.64 bits per heavy atom. The van der Waals surface area contributed by atoms with E-state index in [0.717, 1.165) is 76.9 Å². The summed E-state index contributed by atoms with van der Waals surface area (Å²) in [7, 11) is 0. The number of halogens is 1. The van der Waals surface area contributed by atoms with Crippen LogP contribution >= 0.6 is 11.6 Å². The van der Waals surface area contributed by atoms with Gasteiger partial charge in [0, 0.05) is 55.7 Å². The minimum absolute atomic E-state index is 0.0570. The number of benzene rings is 2. The number of carbonyl (C=O) groups is 1. The molecule has 2 saturated heterocycles. The van der Waals surface area contributed by atoms with E-state index in [0.29, 0.717) is 0 Å². The third-order valence-corrected chi connectivity index (χ3v) is 7.46. The lowest BCUT2D eigenvalue weighted by molar-refractivity contribution is -0.125. The Balaban J connectivity index is 1.26. The number of ether oxygens (including phenoxy) is 1. The first kappa shape index (κ1) is 22.5. The maximum Gasteiger partial charge on any atom is 0.225 e. The number of anilines is 2. The summed E-state index contributed by atoms with van der Waals surface area (Å²) in [5, 5.41) is 4.01. The first-order valence-corrected chi connectivity index (χ1v) is 12.5. The SMILES string of the molecule is O=C(NCCCN1CCOCC1)[C@H]1Cc2ccccc2N2CCN(c3ccc(Cl)cc3)C[C@H]12. The van der Waals surface area contributed by atoms with E-state index in [1.54, 1.807) is 0 Å². The molecule has 7 heteroatoms. The molecule has 0 aliphatic carbocycles. The molecule has 1 N–H and O–H groups in total. The highest BCUT2D eigenvalue weighted by molar-refractivity contribution is 6.30. The van der Waals surface area contributed by atoms with E-state index in [9.17, 15) is 4.79 Å². The van der Waals surface area contributed by atoms with Crippen molar-refractivity contribution in [1.29, 1.82) is 0 Å². The third kappa shape index (κ3) is 5.13. The maximum absolute atomic E-state index is 13.4. The number of morpholine rings is 1. The number of rotatable bonds is 6. The number of amides is 1. The summed E-state index contributed by atoms with van der Waals surface area (Å²) in [6.45, 7) is 8.02. The van der Waals surface area contributed by atoms with Crippen molar-refractivity contribution in [3.05, 3.63) is 59.1 Å². The van der Waals surface area contributed by atoms with Crippen LogP contribution in [-0.4, -0.2) is 75.9 Å². The molecule has 0 spiro atoms. The zero-order valence-electron chi connectivity index (χ0n) is 19.1. The van der Waals surface area contributed by atoms with Crippen LogP contribution in [0.25, 0.3) is 0 Å². The third-order valence-electron chi connectivity index (χ3n) is 7.21. The zero-order valence-corrected chi connectivity index (χ0v) is 19.8. The first-order chi connectivity index (χ1) is 16.2. The van der Waals surface area contributed by atoms with Crippen LogP contribution in [0.5, 0.6) is 0 Å². The number of nitrogens with zero attached hydrogens (tertiary/aromatic N) is 3. The van der Waals surface area contributed by atoms with Gasteiger partial charge in [0.05, 0.1) is 25.2 Å². The van der Waals surface area contributed by atoms with Gasteiger partial charge >= 0.3 is 0 Å². The van der Waals surface area contributed by atoms with Crippen molar-refractivity contribution in [2.24, 2.45) is 5.92 Å². The summed E-state index contributed by atoms with van der Waals surface area (Å²) in [5.74, 6) is 0.123. The highest BCUT2D eigenvalue weighted by atomic mass is 35.5. The second-order valence-electron chi connectivity index (χ2n) is 9.22. The molecule has 0 radical (unpaired) electrons. The van der Waals surface area contributed by atoms with E-state index in [1.165, 1.54) is 16.9 Å².